The number of nitrogens with one attached hydrogen (secondary N) is 1. The maximum atomic E-state index is 5.54. The van der Waals surface area contributed by atoms with Crippen molar-refractivity contribution in [1.29, 1.82) is 0 Å². The number of guanidine groups is 1. The summed E-state index contributed by atoms with van der Waals surface area (Å²) >= 11 is 0. The maximum absolute atomic E-state index is 5.54. The van der Waals surface area contributed by atoms with Gasteiger partial charge in [-0.1, -0.05) is 13.8 Å². The van der Waals surface area contributed by atoms with Gasteiger partial charge in [-0.2, -0.15) is 0 Å². The van der Waals surface area contributed by atoms with Crippen LogP contribution in [0.15, 0.2) is 4.99 Å². The van der Waals surface area contributed by atoms with Gasteiger partial charge < -0.3 is 19.9 Å². The molecular formula is C16H33IN4O. The molecule has 2 rings (SSSR count). The van der Waals surface area contributed by atoms with E-state index in [4.69, 9.17) is 4.74 Å². The molecule has 0 radical (unpaired) electrons. The van der Waals surface area contributed by atoms with Crippen molar-refractivity contribution in [3.05, 3.63) is 0 Å². The fraction of sp³-hybridized carbons (Fsp3) is 0.938. The SMILES string of the molecule is CN=C(NCC1(N(C)C)CCOCC1)N1CCC(C)(C)C1.I. The lowest BCUT2D eigenvalue weighted by Crippen LogP contribution is -2.57. The minimum Gasteiger partial charge on any atom is -0.381 e. The predicted octanol–water partition coefficient (Wildman–Crippen LogP) is 2.02. The lowest BCUT2D eigenvalue weighted by Gasteiger charge is -2.43. The fourth-order valence-corrected chi connectivity index (χ4v) is 3.40. The standard InChI is InChI=1S/C16H32N4O.HI/c1-15(2)6-9-20(13-15)14(17-3)18-12-16(19(4)5)7-10-21-11-8-16;/h6-13H2,1-5H3,(H,17,18);1H. The summed E-state index contributed by atoms with van der Waals surface area (Å²) in [6, 6.07) is 0. The Kier molecular flexibility index (Phi) is 7.39. The number of nitrogens with zero attached hydrogens (tertiary/aromatic N) is 3. The number of hydrogen-bond acceptors (Lipinski definition) is 3. The summed E-state index contributed by atoms with van der Waals surface area (Å²) < 4.78 is 5.54. The van der Waals surface area contributed by atoms with Crippen LogP contribution in [0.4, 0.5) is 0 Å². The second-order valence-electron chi connectivity index (χ2n) is 7.47. The summed E-state index contributed by atoms with van der Waals surface area (Å²) in [5.74, 6) is 1.05. The lowest BCUT2D eigenvalue weighted by atomic mass is 9.88. The average molecular weight is 424 g/mol. The zero-order valence-corrected chi connectivity index (χ0v) is 17.1. The maximum Gasteiger partial charge on any atom is 0.193 e. The molecule has 0 atom stereocenters. The molecule has 2 saturated heterocycles. The zero-order chi connectivity index (χ0) is 15.5. The lowest BCUT2D eigenvalue weighted by molar-refractivity contribution is -0.00522. The molecule has 1 N–H and O–H groups in total. The Balaban J connectivity index is 0.00000242. The van der Waals surface area contributed by atoms with Gasteiger partial charge in [-0.15, -0.1) is 24.0 Å². The smallest absolute Gasteiger partial charge is 0.193 e. The minimum absolute atomic E-state index is 0. The molecule has 0 aromatic carbocycles. The van der Waals surface area contributed by atoms with Crippen molar-refractivity contribution in [1.82, 2.24) is 15.1 Å². The summed E-state index contributed by atoms with van der Waals surface area (Å²) in [7, 11) is 6.24. The van der Waals surface area contributed by atoms with Gasteiger partial charge in [0, 0.05) is 45.4 Å². The van der Waals surface area contributed by atoms with E-state index in [1.54, 1.807) is 0 Å². The van der Waals surface area contributed by atoms with Gasteiger partial charge in [0.05, 0.1) is 0 Å². The highest BCUT2D eigenvalue weighted by molar-refractivity contribution is 14.0. The van der Waals surface area contributed by atoms with Crippen LogP contribution in [0, 0.1) is 5.41 Å². The number of halogens is 1. The Labute approximate surface area is 152 Å². The molecule has 2 aliphatic heterocycles. The number of likely N-dealkylation sites (tertiary alicyclic amines) is 1. The number of rotatable bonds is 3. The molecule has 0 aromatic heterocycles. The highest BCUT2D eigenvalue weighted by Crippen LogP contribution is 2.29. The van der Waals surface area contributed by atoms with Crippen molar-refractivity contribution in [2.75, 3.05) is 54.0 Å². The molecule has 0 amide bonds. The van der Waals surface area contributed by atoms with Gasteiger partial charge in [0.1, 0.15) is 0 Å². The molecule has 0 spiro atoms. The largest absolute Gasteiger partial charge is 0.381 e. The third-order valence-corrected chi connectivity index (χ3v) is 5.14. The monoisotopic (exact) mass is 424 g/mol. The fourth-order valence-electron chi connectivity index (χ4n) is 3.40. The van der Waals surface area contributed by atoms with Crippen LogP contribution in [0.25, 0.3) is 0 Å². The first-order chi connectivity index (χ1) is 9.88. The average Bonchev–Trinajstić information content (AvgIpc) is 2.80. The van der Waals surface area contributed by atoms with Gasteiger partial charge in [0.25, 0.3) is 0 Å². The Morgan fingerprint density at radius 3 is 2.32 bits per heavy atom. The number of ether oxygens (including phenoxy) is 1. The van der Waals surface area contributed by atoms with Crippen LogP contribution in [-0.2, 0) is 4.74 Å². The van der Waals surface area contributed by atoms with Crippen LogP contribution in [0.3, 0.4) is 0 Å². The zero-order valence-electron chi connectivity index (χ0n) is 14.8. The van der Waals surface area contributed by atoms with E-state index in [0.29, 0.717) is 5.41 Å². The first-order valence-electron chi connectivity index (χ1n) is 8.09. The number of hydrogen-bond donors (Lipinski definition) is 1. The van der Waals surface area contributed by atoms with Crippen LogP contribution in [0.2, 0.25) is 0 Å². The number of aliphatic imine (C=N–C) groups is 1. The van der Waals surface area contributed by atoms with Crippen molar-refractivity contribution < 1.29 is 4.74 Å². The van der Waals surface area contributed by atoms with E-state index in [2.05, 4.69) is 48.1 Å². The van der Waals surface area contributed by atoms with E-state index < -0.39 is 0 Å². The van der Waals surface area contributed by atoms with Gasteiger partial charge >= 0.3 is 0 Å². The van der Waals surface area contributed by atoms with Crippen LogP contribution in [0.5, 0.6) is 0 Å². The summed E-state index contributed by atoms with van der Waals surface area (Å²) in [6.07, 6.45) is 3.39. The van der Waals surface area contributed by atoms with Gasteiger partial charge in [-0.25, -0.2) is 0 Å². The molecule has 5 nitrogen and oxygen atoms in total. The van der Waals surface area contributed by atoms with E-state index >= 15 is 0 Å². The molecule has 22 heavy (non-hydrogen) atoms. The molecule has 2 fully saturated rings. The Bertz CT molecular complexity index is 378. The molecule has 6 heteroatoms. The Morgan fingerprint density at radius 2 is 1.86 bits per heavy atom. The van der Waals surface area contributed by atoms with Gasteiger partial charge in [0.15, 0.2) is 5.96 Å². The molecule has 0 saturated carbocycles. The third-order valence-electron chi connectivity index (χ3n) is 5.14. The molecule has 2 aliphatic rings. The summed E-state index contributed by atoms with van der Waals surface area (Å²) in [5, 5.41) is 3.62. The van der Waals surface area contributed by atoms with E-state index in [1.165, 1.54) is 6.42 Å². The molecular weight excluding hydrogens is 391 g/mol. The van der Waals surface area contributed by atoms with E-state index in [0.717, 1.165) is 51.6 Å². The van der Waals surface area contributed by atoms with Crippen molar-refractivity contribution in [2.45, 2.75) is 38.6 Å². The molecule has 2 heterocycles. The molecule has 0 aromatic rings. The molecule has 130 valence electrons. The highest BCUT2D eigenvalue weighted by Gasteiger charge is 2.36. The van der Waals surface area contributed by atoms with Crippen LogP contribution >= 0.6 is 24.0 Å². The summed E-state index contributed by atoms with van der Waals surface area (Å²) in [4.78, 5) is 9.23. The quantitative estimate of drug-likeness (QED) is 0.428. The summed E-state index contributed by atoms with van der Waals surface area (Å²) in [5.41, 5.74) is 0.582. The van der Waals surface area contributed by atoms with E-state index in [1.807, 2.05) is 7.05 Å². The normalized spacial score (nSPS) is 24.3. The highest BCUT2D eigenvalue weighted by atomic mass is 127. The molecule has 0 bridgehead atoms. The predicted molar refractivity (Wildman–Crippen MR) is 103 cm³/mol. The molecule has 0 unspecified atom stereocenters. The van der Waals surface area contributed by atoms with E-state index in [-0.39, 0.29) is 29.5 Å². The molecule has 0 aliphatic carbocycles. The van der Waals surface area contributed by atoms with Crippen LogP contribution in [0.1, 0.15) is 33.1 Å². The van der Waals surface area contributed by atoms with Crippen molar-refractivity contribution in [3.63, 3.8) is 0 Å². The second kappa shape index (κ2) is 8.15. The van der Waals surface area contributed by atoms with Crippen molar-refractivity contribution in [2.24, 2.45) is 10.4 Å². The number of likely N-dealkylation sites (N-methyl/N-ethyl adjacent to an activating group) is 1. The topological polar surface area (TPSA) is 40.1 Å². The Hall–Kier alpha value is -0.0800. The first kappa shape index (κ1) is 20.0. The Morgan fingerprint density at radius 1 is 1.23 bits per heavy atom. The second-order valence-corrected chi connectivity index (χ2v) is 7.47. The minimum atomic E-state index is 0. The van der Waals surface area contributed by atoms with Crippen molar-refractivity contribution in [3.8, 4) is 0 Å². The van der Waals surface area contributed by atoms with Gasteiger partial charge in [-0.05, 0) is 38.8 Å². The van der Waals surface area contributed by atoms with Crippen LogP contribution < -0.4 is 5.32 Å². The van der Waals surface area contributed by atoms with Gasteiger partial charge in [0.2, 0.25) is 0 Å². The summed E-state index contributed by atoms with van der Waals surface area (Å²) in [6.45, 7) is 9.51. The first-order valence-corrected chi connectivity index (χ1v) is 8.09. The third kappa shape index (κ3) is 4.71. The van der Waals surface area contributed by atoms with Crippen molar-refractivity contribution >= 4 is 29.9 Å². The van der Waals surface area contributed by atoms with Crippen LogP contribution in [-0.4, -0.2) is 75.3 Å². The van der Waals surface area contributed by atoms with E-state index in [9.17, 15) is 0 Å². The van der Waals surface area contributed by atoms with Gasteiger partial charge in [-0.3, -0.25) is 4.99 Å².